The molecule has 2 fully saturated rings. The molecule has 0 bridgehead atoms. The van der Waals surface area contributed by atoms with Gasteiger partial charge in [-0.3, -0.25) is 9.59 Å². The van der Waals surface area contributed by atoms with E-state index < -0.39 is 0 Å². The summed E-state index contributed by atoms with van der Waals surface area (Å²) in [6, 6.07) is 3.86. The second-order valence-corrected chi connectivity index (χ2v) is 7.14. The van der Waals surface area contributed by atoms with Crippen LogP contribution >= 0.6 is 0 Å². The number of benzene rings is 1. The lowest BCUT2D eigenvalue weighted by molar-refractivity contribution is 0.0551. The van der Waals surface area contributed by atoms with E-state index in [1.165, 1.54) is 0 Å². The minimum atomic E-state index is -0.218. The molecule has 1 saturated carbocycles. The summed E-state index contributed by atoms with van der Waals surface area (Å²) in [5, 5.41) is 5.66. The van der Waals surface area contributed by atoms with Crippen molar-refractivity contribution in [1.82, 2.24) is 10.6 Å². The Kier molecular flexibility index (Phi) is 4.37. The molecule has 2 N–H and O–H groups in total. The highest BCUT2D eigenvalue weighted by Gasteiger charge is 2.36. The number of ether oxygens (including phenoxy) is 2. The predicted octanol–water partition coefficient (Wildman–Crippen LogP) is 1.84. The Morgan fingerprint density at radius 3 is 2.52 bits per heavy atom. The van der Waals surface area contributed by atoms with Crippen LogP contribution in [0.4, 0.5) is 0 Å². The fraction of sp³-hybridized carbons (Fsp3) is 0.579. The van der Waals surface area contributed by atoms with Gasteiger partial charge in [0.15, 0.2) is 0 Å². The topological polar surface area (TPSA) is 76.7 Å². The van der Waals surface area contributed by atoms with Gasteiger partial charge in [0.25, 0.3) is 11.8 Å². The molecule has 6 heteroatoms. The molecule has 2 amide bonds. The van der Waals surface area contributed by atoms with Crippen LogP contribution in [0.3, 0.4) is 0 Å². The summed E-state index contributed by atoms with van der Waals surface area (Å²) in [7, 11) is 1.59. The van der Waals surface area contributed by atoms with Crippen LogP contribution in [0.5, 0.6) is 5.75 Å². The molecule has 6 nitrogen and oxygen atoms in total. The van der Waals surface area contributed by atoms with Gasteiger partial charge in [0.1, 0.15) is 5.75 Å². The first-order valence-electron chi connectivity index (χ1n) is 9.09. The van der Waals surface area contributed by atoms with Crippen LogP contribution in [0.25, 0.3) is 0 Å². The average Bonchev–Trinajstić information content (AvgIpc) is 3.36. The van der Waals surface area contributed by atoms with Crippen molar-refractivity contribution in [2.75, 3.05) is 26.9 Å². The van der Waals surface area contributed by atoms with E-state index in [1.807, 2.05) is 6.07 Å². The number of hydrogen-bond acceptors (Lipinski definition) is 4. The molecule has 1 aromatic carbocycles. The summed E-state index contributed by atoms with van der Waals surface area (Å²) in [5.41, 5.74) is 2.00. The van der Waals surface area contributed by atoms with Gasteiger partial charge >= 0.3 is 0 Å². The van der Waals surface area contributed by atoms with Gasteiger partial charge in [-0.25, -0.2) is 0 Å². The molecule has 1 saturated heterocycles. The highest BCUT2D eigenvalue weighted by Crippen LogP contribution is 2.44. The van der Waals surface area contributed by atoms with Gasteiger partial charge in [-0.2, -0.15) is 0 Å². The van der Waals surface area contributed by atoms with Crippen molar-refractivity contribution in [2.45, 2.75) is 37.6 Å². The summed E-state index contributed by atoms with van der Waals surface area (Å²) in [4.78, 5) is 24.9. The Morgan fingerprint density at radius 1 is 1.08 bits per heavy atom. The normalized spacial score (nSPS) is 22.8. The highest BCUT2D eigenvalue weighted by molar-refractivity contribution is 6.02. The first-order valence-corrected chi connectivity index (χ1v) is 9.09. The minimum Gasteiger partial charge on any atom is -0.492 e. The quantitative estimate of drug-likeness (QED) is 0.874. The van der Waals surface area contributed by atoms with E-state index in [-0.39, 0.29) is 23.8 Å². The van der Waals surface area contributed by atoms with E-state index in [4.69, 9.17) is 9.47 Å². The van der Waals surface area contributed by atoms with Gasteiger partial charge in [-0.1, -0.05) is 0 Å². The lowest BCUT2D eigenvalue weighted by Gasteiger charge is -2.27. The van der Waals surface area contributed by atoms with E-state index in [1.54, 1.807) is 13.1 Å². The van der Waals surface area contributed by atoms with E-state index >= 15 is 0 Å². The summed E-state index contributed by atoms with van der Waals surface area (Å²) in [5.74, 6) is 1.00. The van der Waals surface area contributed by atoms with E-state index in [0.29, 0.717) is 29.4 Å². The molecule has 25 heavy (non-hydrogen) atoms. The molecule has 0 radical (unpaired) electrons. The maximum atomic E-state index is 12.5. The van der Waals surface area contributed by atoms with Gasteiger partial charge in [0, 0.05) is 43.3 Å². The zero-order valence-corrected chi connectivity index (χ0v) is 14.5. The van der Waals surface area contributed by atoms with Crippen LogP contribution in [-0.4, -0.2) is 44.7 Å². The zero-order valence-electron chi connectivity index (χ0n) is 14.5. The van der Waals surface area contributed by atoms with Crippen LogP contribution in [0.1, 0.15) is 57.9 Å². The maximum Gasteiger partial charge on any atom is 0.254 e. The number of amides is 2. The fourth-order valence-corrected chi connectivity index (χ4v) is 3.79. The van der Waals surface area contributed by atoms with Gasteiger partial charge in [0.2, 0.25) is 0 Å². The number of rotatable bonds is 4. The fourth-order valence-electron chi connectivity index (χ4n) is 3.79. The van der Waals surface area contributed by atoms with Crippen molar-refractivity contribution in [1.29, 1.82) is 0 Å². The number of carbonyl (C=O) groups excluding carboxylic acids is 2. The summed E-state index contributed by atoms with van der Waals surface area (Å²) in [6.45, 7) is 2.10. The smallest absolute Gasteiger partial charge is 0.254 e. The van der Waals surface area contributed by atoms with Crippen molar-refractivity contribution in [3.63, 3.8) is 0 Å². The third-order valence-electron chi connectivity index (χ3n) is 5.41. The predicted molar refractivity (Wildman–Crippen MR) is 92.1 cm³/mol. The van der Waals surface area contributed by atoms with Gasteiger partial charge in [-0.05, 0) is 43.7 Å². The van der Waals surface area contributed by atoms with Crippen molar-refractivity contribution in [3.05, 3.63) is 28.8 Å². The number of carbonyl (C=O) groups is 2. The number of fused-ring (bicyclic) bond motifs is 1. The molecular weight excluding hydrogens is 320 g/mol. The Balaban J connectivity index is 1.70. The van der Waals surface area contributed by atoms with E-state index in [9.17, 15) is 9.59 Å². The summed E-state index contributed by atoms with van der Waals surface area (Å²) >= 11 is 0. The molecule has 3 aliphatic rings. The highest BCUT2D eigenvalue weighted by atomic mass is 16.5. The molecule has 4 rings (SSSR count). The second-order valence-electron chi connectivity index (χ2n) is 7.14. The van der Waals surface area contributed by atoms with Crippen LogP contribution in [0, 0.1) is 5.92 Å². The molecule has 0 spiro atoms. The van der Waals surface area contributed by atoms with E-state index in [0.717, 1.165) is 44.5 Å². The Bertz CT molecular complexity index is 693. The molecule has 1 aromatic rings. The molecule has 1 aliphatic carbocycles. The first kappa shape index (κ1) is 16.4. The lowest BCUT2D eigenvalue weighted by Crippen LogP contribution is -2.27. The maximum absolute atomic E-state index is 12.5. The lowest BCUT2D eigenvalue weighted by atomic mass is 9.81. The molecular formula is C19H24N2O4. The van der Waals surface area contributed by atoms with Crippen LogP contribution < -0.4 is 15.4 Å². The minimum absolute atomic E-state index is 0.104. The third kappa shape index (κ3) is 3.23. The second kappa shape index (κ2) is 6.67. The molecule has 0 unspecified atom stereocenters. The Labute approximate surface area is 147 Å². The SMILES string of the molecule is CNC(=O)c1cc(C(=O)NC2CC2)cc2c1OC[C@H]2C1CCOCC1. The largest absolute Gasteiger partial charge is 0.492 e. The average molecular weight is 344 g/mol. The van der Waals surface area contributed by atoms with Gasteiger partial charge in [-0.15, -0.1) is 0 Å². The molecule has 2 aliphatic heterocycles. The van der Waals surface area contributed by atoms with Crippen molar-refractivity contribution < 1.29 is 19.1 Å². The molecule has 1 atom stereocenters. The van der Waals surface area contributed by atoms with Gasteiger partial charge in [0.05, 0.1) is 12.2 Å². The van der Waals surface area contributed by atoms with Crippen LogP contribution in [0.2, 0.25) is 0 Å². The van der Waals surface area contributed by atoms with Crippen molar-refractivity contribution in [2.24, 2.45) is 5.92 Å². The molecule has 2 heterocycles. The standard InChI is InChI=1S/C19H24N2O4/c1-20-19(23)15-9-12(18(22)21-13-2-3-13)8-14-16(10-25-17(14)15)11-4-6-24-7-5-11/h8-9,11,13,16H,2-7,10H2,1H3,(H,20,23)(H,21,22)/t16-/m0/s1. The van der Waals surface area contributed by atoms with Crippen molar-refractivity contribution >= 4 is 11.8 Å². The zero-order chi connectivity index (χ0) is 17.4. The monoisotopic (exact) mass is 344 g/mol. The van der Waals surface area contributed by atoms with Crippen LogP contribution in [0.15, 0.2) is 12.1 Å². The number of hydrogen-bond donors (Lipinski definition) is 2. The summed E-state index contributed by atoms with van der Waals surface area (Å²) < 4.78 is 11.4. The Morgan fingerprint density at radius 2 is 1.84 bits per heavy atom. The molecule has 0 aromatic heterocycles. The number of nitrogens with one attached hydrogen (secondary N) is 2. The Hall–Kier alpha value is -2.08. The van der Waals surface area contributed by atoms with Crippen LogP contribution in [-0.2, 0) is 4.74 Å². The summed E-state index contributed by atoms with van der Waals surface area (Å²) in [6.07, 6.45) is 4.04. The molecule has 134 valence electrons. The third-order valence-corrected chi connectivity index (χ3v) is 5.41. The van der Waals surface area contributed by atoms with E-state index in [2.05, 4.69) is 10.6 Å². The van der Waals surface area contributed by atoms with Gasteiger partial charge < -0.3 is 20.1 Å². The van der Waals surface area contributed by atoms with Crippen molar-refractivity contribution in [3.8, 4) is 5.75 Å². The first-order chi connectivity index (χ1) is 12.2.